The Morgan fingerprint density at radius 2 is 1.72 bits per heavy atom. The fourth-order valence-electron chi connectivity index (χ4n) is 3.76. The van der Waals surface area contributed by atoms with Gasteiger partial charge in [0.05, 0.1) is 6.61 Å². The molecule has 0 aliphatic heterocycles. The van der Waals surface area contributed by atoms with Gasteiger partial charge in [-0.2, -0.15) is 0 Å². The van der Waals surface area contributed by atoms with Crippen molar-refractivity contribution in [2.24, 2.45) is 0 Å². The lowest BCUT2D eigenvalue weighted by atomic mass is 9.63. The predicted molar refractivity (Wildman–Crippen MR) is 119 cm³/mol. The Bertz CT molecular complexity index is 823. The van der Waals surface area contributed by atoms with Crippen molar-refractivity contribution in [2.75, 3.05) is 6.61 Å². The molecule has 0 amide bonds. The smallest absolute Gasteiger partial charge is 0.126 e. The van der Waals surface area contributed by atoms with Crippen molar-refractivity contribution in [3.8, 4) is 5.75 Å². The Labute approximate surface area is 176 Å². The zero-order chi connectivity index (χ0) is 21.7. The van der Waals surface area contributed by atoms with Crippen LogP contribution in [0.25, 0.3) is 6.08 Å². The van der Waals surface area contributed by atoms with Gasteiger partial charge in [-0.15, -0.1) is 0 Å². The van der Waals surface area contributed by atoms with E-state index in [-0.39, 0.29) is 17.3 Å². The molecule has 1 aromatic carbocycles. The van der Waals surface area contributed by atoms with Gasteiger partial charge >= 0.3 is 0 Å². The van der Waals surface area contributed by atoms with Crippen molar-refractivity contribution in [1.29, 1.82) is 0 Å². The van der Waals surface area contributed by atoms with E-state index in [0.29, 0.717) is 6.61 Å². The number of carboxylic acid groups (broad SMARTS) is 1. The fraction of sp³-hybridized carbons (Fsp3) is 0.500. The van der Waals surface area contributed by atoms with Crippen LogP contribution in [-0.4, -0.2) is 12.6 Å². The Morgan fingerprint density at radius 3 is 2.31 bits per heavy atom. The second-order valence-corrected chi connectivity index (χ2v) is 9.29. The molecule has 0 saturated heterocycles. The number of hydrogen-bond acceptors (Lipinski definition) is 3. The molecular formula is C26H35O3-. The van der Waals surface area contributed by atoms with Gasteiger partial charge in [0, 0.05) is 18.0 Å². The summed E-state index contributed by atoms with van der Waals surface area (Å²) in [6.07, 6.45) is 12.8. The number of carbonyl (C=O) groups excluding carboxylic acids is 1. The average Bonchev–Trinajstić information content (AvgIpc) is 2.65. The highest BCUT2D eigenvalue weighted by Gasteiger charge is 2.37. The maximum absolute atomic E-state index is 10.6. The summed E-state index contributed by atoms with van der Waals surface area (Å²) in [6, 6.07) is 4.55. The molecule has 0 unspecified atom stereocenters. The number of hydrogen-bond donors (Lipinski definition) is 0. The molecule has 0 heterocycles. The van der Waals surface area contributed by atoms with E-state index in [1.165, 1.54) is 24.0 Å². The van der Waals surface area contributed by atoms with E-state index in [0.717, 1.165) is 23.3 Å². The van der Waals surface area contributed by atoms with E-state index in [2.05, 4.69) is 52.8 Å². The minimum atomic E-state index is -1.06. The van der Waals surface area contributed by atoms with Crippen LogP contribution in [0.2, 0.25) is 0 Å². The molecule has 3 heteroatoms. The van der Waals surface area contributed by atoms with Crippen LogP contribution in [0, 0.1) is 0 Å². The third-order valence-corrected chi connectivity index (χ3v) is 5.78. The molecule has 0 atom stereocenters. The number of ether oxygens (including phenoxy) is 1. The summed E-state index contributed by atoms with van der Waals surface area (Å²) in [5.41, 5.74) is 5.09. The predicted octanol–water partition coefficient (Wildman–Crippen LogP) is 5.48. The van der Waals surface area contributed by atoms with E-state index in [4.69, 9.17) is 4.74 Å². The minimum Gasteiger partial charge on any atom is -0.550 e. The Morgan fingerprint density at radius 1 is 1.10 bits per heavy atom. The molecule has 3 nitrogen and oxygen atoms in total. The summed E-state index contributed by atoms with van der Waals surface area (Å²) in [5.74, 6) is -0.129. The molecular weight excluding hydrogens is 360 g/mol. The SMILES string of the molecule is CCCOc1cc2c(cc1/C=C/C=C/C(C)=C/CC(=O)[O-])C(C)(C)CCC2(C)C. The van der Waals surface area contributed by atoms with E-state index < -0.39 is 5.97 Å². The van der Waals surface area contributed by atoms with E-state index in [1.807, 2.05) is 25.2 Å². The molecule has 1 aliphatic carbocycles. The topological polar surface area (TPSA) is 49.4 Å². The van der Waals surface area contributed by atoms with E-state index >= 15 is 0 Å². The Balaban J connectivity index is 2.37. The first-order valence-electron chi connectivity index (χ1n) is 10.6. The van der Waals surface area contributed by atoms with Gasteiger partial charge in [-0.3, -0.25) is 0 Å². The third kappa shape index (κ3) is 6.09. The average molecular weight is 396 g/mol. The molecule has 0 fully saturated rings. The third-order valence-electron chi connectivity index (χ3n) is 5.78. The van der Waals surface area contributed by atoms with Gasteiger partial charge in [0.2, 0.25) is 0 Å². The molecule has 0 spiro atoms. The van der Waals surface area contributed by atoms with Gasteiger partial charge in [0.25, 0.3) is 0 Å². The molecule has 0 bridgehead atoms. The number of carboxylic acids is 1. The van der Waals surface area contributed by atoms with Crippen LogP contribution in [0.5, 0.6) is 5.75 Å². The Kier molecular flexibility index (Phi) is 7.51. The monoisotopic (exact) mass is 395 g/mol. The minimum absolute atomic E-state index is 0.0649. The zero-order valence-electron chi connectivity index (χ0n) is 18.8. The molecule has 0 N–H and O–H groups in total. The standard InChI is InChI=1S/C26H36O3/c1-7-16-29-23-18-22-21(25(3,4)14-15-26(22,5)6)17-20(23)11-9-8-10-19(2)12-13-24(27)28/h8-12,17-18H,7,13-16H2,1-6H3,(H,27,28)/p-1/b10-8+,11-9+,19-12+. The summed E-state index contributed by atoms with van der Waals surface area (Å²) < 4.78 is 6.10. The lowest BCUT2D eigenvalue weighted by Gasteiger charge is -2.42. The van der Waals surface area contributed by atoms with Crippen LogP contribution in [-0.2, 0) is 15.6 Å². The number of fused-ring (bicyclic) bond motifs is 1. The normalized spacial score (nSPS) is 18.2. The lowest BCUT2D eigenvalue weighted by molar-refractivity contribution is -0.304. The maximum Gasteiger partial charge on any atom is 0.126 e. The van der Waals surface area contributed by atoms with E-state index in [1.54, 1.807) is 6.08 Å². The highest BCUT2D eigenvalue weighted by atomic mass is 16.5. The maximum atomic E-state index is 10.6. The van der Waals surface area contributed by atoms with Gasteiger partial charge in [-0.05, 0) is 60.3 Å². The van der Waals surface area contributed by atoms with Crippen LogP contribution in [0.1, 0.15) is 83.9 Å². The number of allylic oxidation sites excluding steroid dienone is 4. The van der Waals surface area contributed by atoms with E-state index in [9.17, 15) is 9.90 Å². The molecule has 1 aromatic rings. The molecule has 0 aromatic heterocycles. The number of rotatable bonds is 8. The molecule has 0 saturated carbocycles. The van der Waals surface area contributed by atoms with Crippen LogP contribution in [0.15, 0.2) is 42.0 Å². The van der Waals surface area contributed by atoms with Gasteiger partial charge in [-0.1, -0.05) is 70.6 Å². The largest absolute Gasteiger partial charge is 0.550 e. The summed E-state index contributed by atoms with van der Waals surface area (Å²) in [7, 11) is 0. The van der Waals surface area contributed by atoms with Crippen LogP contribution >= 0.6 is 0 Å². The molecule has 1 aliphatic rings. The molecule has 2 rings (SSSR count). The summed E-state index contributed by atoms with van der Waals surface area (Å²) in [5, 5.41) is 10.6. The molecule has 0 radical (unpaired) electrons. The fourth-order valence-corrected chi connectivity index (χ4v) is 3.76. The highest BCUT2D eigenvalue weighted by molar-refractivity contribution is 5.66. The van der Waals surface area contributed by atoms with Crippen molar-refractivity contribution >= 4 is 12.0 Å². The number of benzene rings is 1. The number of aliphatic carboxylic acids is 1. The Hall–Kier alpha value is -2.29. The molecule has 29 heavy (non-hydrogen) atoms. The highest BCUT2D eigenvalue weighted by Crippen LogP contribution is 2.47. The van der Waals surface area contributed by atoms with Crippen molar-refractivity contribution in [3.63, 3.8) is 0 Å². The van der Waals surface area contributed by atoms with Crippen LogP contribution < -0.4 is 9.84 Å². The van der Waals surface area contributed by atoms with Crippen LogP contribution in [0.4, 0.5) is 0 Å². The summed E-state index contributed by atoms with van der Waals surface area (Å²) in [4.78, 5) is 10.6. The lowest BCUT2D eigenvalue weighted by Crippen LogP contribution is -2.34. The van der Waals surface area contributed by atoms with Gasteiger partial charge in [0.1, 0.15) is 5.75 Å². The van der Waals surface area contributed by atoms with Crippen LogP contribution in [0.3, 0.4) is 0 Å². The molecule has 158 valence electrons. The second-order valence-electron chi connectivity index (χ2n) is 9.29. The van der Waals surface area contributed by atoms with Crippen molar-refractivity contribution < 1.29 is 14.6 Å². The number of carbonyl (C=O) groups is 1. The second kappa shape index (κ2) is 9.47. The zero-order valence-corrected chi connectivity index (χ0v) is 18.8. The first kappa shape index (κ1) is 23.0. The van der Waals surface area contributed by atoms with Gasteiger partial charge in [-0.25, -0.2) is 0 Å². The van der Waals surface area contributed by atoms with Gasteiger partial charge < -0.3 is 14.6 Å². The summed E-state index contributed by atoms with van der Waals surface area (Å²) >= 11 is 0. The van der Waals surface area contributed by atoms with Crippen molar-refractivity contribution in [1.82, 2.24) is 0 Å². The van der Waals surface area contributed by atoms with Crippen molar-refractivity contribution in [3.05, 3.63) is 58.7 Å². The first-order chi connectivity index (χ1) is 13.6. The van der Waals surface area contributed by atoms with Crippen molar-refractivity contribution in [2.45, 2.75) is 78.1 Å². The first-order valence-corrected chi connectivity index (χ1v) is 10.6. The summed E-state index contributed by atoms with van der Waals surface area (Å²) in [6.45, 7) is 14.0. The van der Waals surface area contributed by atoms with Gasteiger partial charge in [0.15, 0.2) is 0 Å². The quantitative estimate of drug-likeness (QED) is 0.548.